The first kappa shape index (κ1) is 26.5. The summed E-state index contributed by atoms with van der Waals surface area (Å²) in [5.41, 5.74) is 8.82. The predicted octanol–water partition coefficient (Wildman–Crippen LogP) is 4.56. The van der Waals surface area contributed by atoms with Crippen molar-refractivity contribution >= 4 is 48.8 Å². The molecule has 0 unspecified atom stereocenters. The van der Waals surface area contributed by atoms with Gasteiger partial charge >= 0.3 is 0 Å². The SMILES string of the molecule is Cl.Cl.Cl.NCC1(c2cccc(Cl)c2)CCC(n2nc(-c3cn[nH]c3)ccc2=O)CC1. The maximum Gasteiger partial charge on any atom is 0.267 e. The van der Waals surface area contributed by atoms with Gasteiger partial charge in [0.2, 0.25) is 0 Å². The van der Waals surface area contributed by atoms with Gasteiger partial charge in [0, 0.05) is 34.8 Å². The number of nitrogens with two attached hydrogens (primary N) is 1. The van der Waals surface area contributed by atoms with Gasteiger partial charge in [0.1, 0.15) is 0 Å². The highest BCUT2D eigenvalue weighted by molar-refractivity contribution is 6.30. The molecule has 30 heavy (non-hydrogen) atoms. The molecule has 1 aromatic carbocycles. The molecule has 3 aromatic rings. The number of hydrogen-bond acceptors (Lipinski definition) is 4. The quantitative estimate of drug-likeness (QED) is 0.558. The fourth-order valence-corrected chi connectivity index (χ4v) is 4.25. The van der Waals surface area contributed by atoms with Crippen molar-refractivity contribution in [3.05, 3.63) is 69.7 Å². The van der Waals surface area contributed by atoms with Gasteiger partial charge in [-0.2, -0.15) is 10.2 Å². The summed E-state index contributed by atoms with van der Waals surface area (Å²) >= 11 is 6.19. The van der Waals surface area contributed by atoms with Gasteiger partial charge in [0.15, 0.2) is 0 Å². The summed E-state index contributed by atoms with van der Waals surface area (Å²) in [5.74, 6) is 0. The van der Waals surface area contributed by atoms with Crippen molar-refractivity contribution in [2.45, 2.75) is 37.1 Å². The first-order chi connectivity index (χ1) is 13.1. The Labute approximate surface area is 198 Å². The Kier molecular flexibility index (Phi) is 9.85. The van der Waals surface area contributed by atoms with E-state index >= 15 is 0 Å². The minimum absolute atomic E-state index is 0. The Morgan fingerprint density at radius 3 is 2.50 bits per heavy atom. The second-order valence-electron chi connectivity index (χ2n) is 7.21. The van der Waals surface area contributed by atoms with Crippen molar-refractivity contribution in [1.82, 2.24) is 20.0 Å². The van der Waals surface area contributed by atoms with Gasteiger partial charge in [-0.25, -0.2) is 4.68 Å². The van der Waals surface area contributed by atoms with Crippen LogP contribution in [0.1, 0.15) is 37.3 Å². The van der Waals surface area contributed by atoms with E-state index in [4.69, 9.17) is 17.3 Å². The van der Waals surface area contributed by atoms with Crippen LogP contribution in [0, 0.1) is 0 Å². The van der Waals surface area contributed by atoms with Crippen molar-refractivity contribution in [3.63, 3.8) is 0 Å². The van der Waals surface area contributed by atoms with Gasteiger partial charge in [0.25, 0.3) is 5.56 Å². The second kappa shape index (κ2) is 11.2. The van der Waals surface area contributed by atoms with Crippen LogP contribution in [-0.2, 0) is 5.41 Å². The lowest BCUT2D eigenvalue weighted by Crippen LogP contribution is -2.41. The molecule has 3 N–H and O–H groups in total. The molecule has 0 amide bonds. The van der Waals surface area contributed by atoms with E-state index in [1.165, 1.54) is 5.56 Å². The van der Waals surface area contributed by atoms with E-state index < -0.39 is 0 Å². The summed E-state index contributed by atoms with van der Waals surface area (Å²) in [7, 11) is 0. The van der Waals surface area contributed by atoms with Crippen molar-refractivity contribution in [2.24, 2.45) is 5.73 Å². The van der Waals surface area contributed by atoms with Gasteiger partial charge in [-0.05, 0) is 49.4 Å². The summed E-state index contributed by atoms with van der Waals surface area (Å²) in [6.07, 6.45) is 6.99. The van der Waals surface area contributed by atoms with E-state index in [1.54, 1.807) is 29.2 Å². The smallest absolute Gasteiger partial charge is 0.267 e. The summed E-state index contributed by atoms with van der Waals surface area (Å²) in [5, 5.41) is 12.1. The van der Waals surface area contributed by atoms with E-state index in [-0.39, 0.29) is 54.2 Å². The first-order valence-corrected chi connectivity index (χ1v) is 9.54. The van der Waals surface area contributed by atoms with Crippen molar-refractivity contribution in [3.8, 4) is 11.3 Å². The third-order valence-electron chi connectivity index (χ3n) is 5.70. The molecule has 4 rings (SSSR count). The first-order valence-electron chi connectivity index (χ1n) is 9.16. The molecule has 0 aliphatic heterocycles. The monoisotopic (exact) mass is 491 g/mol. The Morgan fingerprint density at radius 2 is 1.90 bits per heavy atom. The highest BCUT2D eigenvalue weighted by Crippen LogP contribution is 2.42. The third kappa shape index (κ3) is 5.18. The lowest BCUT2D eigenvalue weighted by atomic mass is 9.68. The van der Waals surface area contributed by atoms with Crippen molar-refractivity contribution < 1.29 is 0 Å². The Hall–Kier alpha value is -1.57. The molecule has 1 fully saturated rings. The van der Waals surface area contributed by atoms with Crippen molar-refractivity contribution in [2.75, 3.05) is 6.54 Å². The molecule has 164 valence electrons. The Morgan fingerprint density at radius 1 is 1.17 bits per heavy atom. The number of nitrogens with zero attached hydrogens (tertiary/aromatic N) is 3. The molecular formula is C20H25Cl4N5O. The number of halogens is 4. The van der Waals surface area contributed by atoms with Crippen LogP contribution in [0.25, 0.3) is 11.3 Å². The predicted molar refractivity (Wildman–Crippen MR) is 128 cm³/mol. The number of hydrogen-bond donors (Lipinski definition) is 2. The van der Waals surface area contributed by atoms with Crippen LogP contribution in [0.4, 0.5) is 0 Å². The molecule has 2 aromatic heterocycles. The van der Waals surface area contributed by atoms with Crippen LogP contribution in [0.5, 0.6) is 0 Å². The van der Waals surface area contributed by atoms with Crippen LogP contribution in [0.2, 0.25) is 5.02 Å². The molecule has 1 aliphatic rings. The number of benzene rings is 1. The van der Waals surface area contributed by atoms with Gasteiger partial charge in [-0.1, -0.05) is 23.7 Å². The minimum Gasteiger partial charge on any atom is -0.330 e. The molecule has 0 saturated heterocycles. The summed E-state index contributed by atoms with van der Waals surface area (Å²) in [6.45, 7) is 0.567. The number of aromatic nitrogens is 4. The Bertz CT molecular complexity index is 985. The van der Waals surface area contributed by atoms with Crippen LogP contribution in [0.3, 0.4) is 0 Å². The maximum atomic E-state index is 12.4. The number of rotatable bonds is 4. The van der Waals surface area contributed by atoms with Crippen LogP contribution in [-0.4, -0.2) is 26.5 Å². The molecule has 2 heterocycles. The highest BCUT2D eigenvalue weighted by Gasteiger charge is 2.37. The molecule has 6 nitrogen and oxygen atoms in total. The van der Waals surface area contributed by atoms with E-state index in [9.17, 15) is 4.79 Å². The molecule has 0 radical (unpaired) electrons. The van der Waals surface area contributed by atoms with Gasteiger partial charge in [-0.3, -0.25) is 9.89 Å². The molecular weight excluding hydrogens is 468 g/mol. The fourth-order valence-electron chi connectivity index (χ4n) is 4.06. The molecule has 10 heteroatoms. The molecule has 0 spiro atoms. The molecule has 1 aliphatic carbocycles. The lowest BCUT2D eigenvalue weighted by molar-refractivity contribution is 0.222. The van der Waals surface area contributed by atoms with E-state index in [0.29, 0.717) is 6.54 Å². The highest BCUT2D eigenvalue weighted by atomic mass is 35.5. The van der Waals surface area contributed by atoms with E-state index in [0.717, 1.165) is 42.0 Å². The lowest BCUT2D eigenvalue weighted by Gasteiger charge is -2.40. The number of H-pyrrole nitrogens is 1. The molecule has 0 bridgehead atoms. The average Bonchev–Trinajstić information content (AvgIpc) is 3.23. The standard InChI is InChI=1S/C20H22ClN5O.3ClH/c21-16-3-1-2-15(10-16)20(13-22)8-6-17(7-9-20)26-19(27)5-4-18(25-26)14-11-23-24-12-14;;;/h1-5,10-12,17H,6-9,13,22H2,(H,23,24);3*1H. The Balaban J connectivity index is 0.00000150. The number of nitrogens with one attached hydrogen (secondary N) is 1. The fraction of sp³-hybridized carbons (Fsp3) is 0.350. The molecule has 1 saturated carbocycles. The largest absolute Gasteiger partial charge is 0.330 e. The zero-order valence-electron chi connectivity index (χ0n) is 16.2. The van der Waals surface area contributed by atoms with E-state index in [1.807, 2.05) is 18.2 Å². The third-order valence-corrected chi connectivity index (χ3v) is 5.94. The second-order valence-corrected chi connectivity index (χ2v) is 7.65. The summed E-state index contributed by atoms with van der Waals surface area (Å²) < 4.78 is 1.63. The van der Waals surface area contributed by atoms with Gasteiger partial charge < -0.3 is 5.73 Å². The zero-order valence-corrected chi connectivity index (χ0v) is 19.4. The van der Waals surface area contributed by atoms with Crippen LogP contribution in [0.15, 0.2) is 53.6 Å². The van der Waals surface area contributed by atoms with Gasteiger partial charge in [-0.15, -0.1) is 37.2 Å². The van der Waals surface area contributed by atoms with Crippen molar-refractivity contribution in [1.29, 1.82) is 0 Å². The van der Waals surface area contributed by atoms with Crippen LogP contribution < -0.4 is 11.3 Å². The average molecular weight is 493 g/mol. The molecule has 0 atom stereocenters. The maximum absolute atomic E-state index is 12.4. The number of aromatic amines is 1. The zero-order chi connectivity index (χ0) is 18.9. The minimum atomic E-state index is -0.0901. The summed E-state index contributed by atoms with van der Waals surface area (Å²) in [4.78, 5) is 12.4. The summed E-state index contributed by atoms with van der Waals surface area (Å²) in [6, 6.07) is 11.4. The van der Waals surface area contributed by atoms with Gasteiger partial charge in [0.05, 0.1) is 17.9 Å². The topological polar surface area (TPSA) is 89.6 Å². The normalized spacial score (nSPS) is 20.4. The van der Waals surface area contributed by atoms with E-state index in [2.05, 4.69) is 21.4 Å². The van der Waals surface area contributed by atoms with Crippen LogP contribution >= 0.6 is 48.8 Å².